The molecule has 0 radical (unpaired) electrons. The van der Waals surface area contributed by atoms with Gasteiger partial charge >= 0.3 is 0 Å². The molecule has 1 aliphatic rings. The predicted molar refractivity (Wildman–Crippen MR) is 132 cm³/mol. The topological polar surface area (TPSA) is 78.5 Å². The molecule has 2 N–H and O–H groups in total. The van der Waals surface area contributed by atoms with E-state index in [0.29, 0.717) is 29.4 Å². The largest absolute Gasteiger partial charge is 0.376 e. The third-order valence-electron chi connectivity index (χ3n) is 6.00. The van der Waals surface area contributed by atoms with E-state index in [2.05, 4.69) is 17.6 Å². The lowest BCUT2D eigenvalue weighted by atomic mass is 9.98. The standard InChI is InChI=1S/C25H27N3O3S/c1-16-10-12-28(13-11-16)22-21(23(29)24(22)30)26-15-17-6-8-18(9-7-17)25(31)27-19-4-3-5-20(14-19)32-2/h3-9,14,16,26H,10-13,15H2,1-2H3,(H,27,31). The van der Waals surface area contributed by atoms with Gasteiger partial charge in [0.25, 0.3) is 16.8 Å². The van der Waals surface area contributed by atoms with Gasteiger partial charge in [0.05, 0.1) is 0 Å². The van der Waals surface area contributed by atoms with Gasteiger partial charge in [0, 0.05) is 35.8 Å². The molecule has 0 atom stereocenters. The molecule has 1 aliphatic heterocycles. The number of carbonyl (C=O) groups is 1. The van der Waals surface area contributed by atoms with Crippen LogP contribution in [0.2, 0.25) is 0 Å². The highest BCUT2D eigenvalue weighted by Gasteiger charge is 2.28. The maximum absolute atomic E-state index is 12.5. The summed E-state index contributed by atoms with van der Waals surface area (Å²) >= 11 is 1.62. The molecule has 3 aromatic carbocycles. The van der Waals surface area contributed by atoms with Crippen molar-refractivity contribution in [3.05, 3.63) is 80.1 Å². The van der Waals surface area contributed by atoms with Crippen LogP contribution in [0.25, 0.3) is 0 Å². The smallest absolute Gasteiger partial charge is 0.255 e. The Kier molecular flexibility index (Phi) is 6.65. The Morgan fingerprint density at radius 1 is 1.06 bits per heavy atom. The second kappa shape index (κ2) is 9.61. The molecule has 0 bridgehead atoms. The van der Waals surface area contributed by atoms with E-state index < -0.39 is 5.43 Å². The second-order valence-electron chi connectivity index (χ2n) is 8.29. The third-order valence-corrected chi connectivity index (χ3v) is 6.72. The van der Waals surface area contributed by atoms with E-state index in [-0.39, 0.29) is 11.3 Å². The van der Waals surface area contributed by atoms with Crippen molar-refractivity contribution in [1.82, 2.24) is 0 Å². The molecule has 0 unspecified atom stereocenters. The molecule has 0 aliphatic carbocycles. The van der Waals surface area contributed by atoms with Crippen molar-refractivity contribution in [3.8, 4) is 0 Å². The monoisotopic (exact) mass is 449 g/mol. The van der Waals surface area contributed by atoms with Crippen LogP contribution >= 0.6 is 11.8 Å². The number of thioether (sulfide) groups is 1. The minimum atomic E-state index is -0.443. The number of hydrogen-bond acceptors (Lipinski definition) is 6. The maximum atomic E-state index is 12.5. The summed E-state index contributed by atoms with van der Waals surface area (Å²) < 4.78 is 0. The van der Waals surface area contributed by atoms with Gasteiger partial charge in [-0.3, -0.25) is 14.4 Å². The minimum Gasteiger partial charge on any atom is -0.376 e. The summed E-state index contributed by atoms with van der Waals surface area (Å²) in [6, 6.07) is 14.9. The highest BCUT2D eigenvalue weighted by molar-refractivity contribution is 7.98. The fourth-order valence-corrected chi connectivity index (χ4v) is 4.41. The van der Waals surface area contributed by atoms with Crippen LogP contribution in [0.5, 0.6) is 0 Å². The summed E-state index contributed by atoms with van der Waals surface area (Å²) in [5.41, 5.74) is 2.36. The average molecular weight is 450 g/mol. The lowest BCUT2D eigenvalue weighted by Gasteiger charge is -2.33. The van der Waals surface area contributed by atoms with Crippen molar-refractivity contribution in [1.29, 1.82) is 0 Å². The summed E-state index contributed by atoms with van der Waals surface area (Å²) in [4.78, 5) is 39.9. The molecule has 1 fully saturated rings. The number of benzene rings is 2. The molecule has 32 heavy (non-hydrogen) atoms. The number of carbonyl (C=O) groups excluding carboxylic acids is 1. The normalized spacial score (nSPS) is 14.5. The van der Waals surface area contributed by atoms with Crippen molar-refractivity contribution in [2.24, 2.45) is 5.92 Å². The number of nitrogens with one attached hydrogen (secondary N) is 2. The first-order valence-corrected chi connectivity index (χ1v) is 12.0. The fraction of sp³-hybridized carbons (Fsp3) is 0.320. The summed E-state index contributed by atoms with van der Waals surface area (Å²) in [6.45, 7) is 4.25. The molecule has 1 saturated heterocycles. The van der Waals surface area contributed by atoms with Crippen molar-refractivity contribution in [2.75, 3.05) is 34.9 Å². The lowest BCUT2D eigenvalue weighted by molar-refractivity contribution is 0.102. The molecule has 3 aromatic rings. The van der Waals surface area contributed by atoms with Crippen molar-refractivity contribution >= 4 is 34.7 Å². The summed E-state index contributed by atoms with van der Waals surface area (Å²) in [5, 5.41) is 6.05. The molecular formula is C25H27N3O3S. The van der Waals surface area contributed by atoms with Gasteiger partial charge in [-0.25, -0.2) is 0 Å². The van der Waals surface area contributed by atoms with E-state index in [4.69, 9.17) is 0 Å². The number of nitrogens with zero attached hydrogens (tertiary/aromatic N) is 1. The number of rotatable bonds is 7. The van der Waals surface area contributed by atoms with Gasteiger partial charge in [-0.15, -0.1) is 11.8 Å². The Bertz CT molecular complexity index is 1170. The summed E-state index contributed by atoms with van der Waals surface area (Å²) in [5.74, 6) is 0.478. The lowest BCUT2D eigenvalue weighted by Crippen LogP contribution is -2.45. The van der Waals surface area contributed by atoms with E-state index >= 15 is 0 Å². The fourth-order valence-electron chi connectivity index (χ4n) is 3.95. The quantitative estimate of drug-likeness (QED) is 0.418. The van der Waals surface area contributed by atoms with Crippen LogP contribution in [0.1, 0.15) is 35.7 Å². The van der Waals surface area contributed by atoms with Crippen LogP contribution in [-0.4, -0.2) is 25.3 Å². The van der Waals surface area contributed by atoms with Gasteiger partial charge in [0.15, 0.2) is 0 Å². The molecule has 6 nitrogen and oxygen atoms in total. The molecule has 4 rings (SSSR count). The third kappa shape index (κ3) is 4.72. The Hall–Kier alpha value is -3.06. The van der Waals surface area contributed by atoms with Crippen LogP contribution in [-0.2, 0) is 6.54 Å². The predicted octanol–water partition coefficient (Wildman–Crippen LogP) is 4.11. The zero-order valence-electron chi connectivity index (χ0n) is 18.3. The molecule has 0 saturated carbocycles. The van der Waals surface area contributed by atoms with Gasteiger partial charge in [-0.1, -0.05) is 25.1 Å². The van der Waals surface area contributed by atoms with Gasteiger partial charge in [0.2, 0.25) is 0 Å². The van der Waals surface area contributed by atoms with E-state index in [0.717, 1.165) is 42.1 Å². The van der Waals surface area contributed by atoms with Crippen molar-refractivity contribution < 1.29 is 4.79 Å². The number of piperidine rings is 1. The zero-order chi connectivity index (χ0) is 22.7. The maximum Gasteiger partial charge on any atom is 0.255 e. The van der Waals surface area contributed by atoms with Crippen LogP contribution in [0.15, 0.2) is 63.0 Å². The van der Waals surface area contributed by atoms with Gasteiger partial charge in [-0.05, 0) is 60.9 Å². The van der Waals surface area contributed by atoms with Crippen LogP contribution in [0, 0.1) is 5.92 Å². The highest BCUT2D eigenvalue weighted by Crippen LogP contribution is 2.26. The van der Waals surface area contributed by atoms with Crippen molar-refractivity contribution in [3.63, 3.8) is 0 Å². The molecule has 1 amide bonds. The SMILES string of the molecule is CSc1cccc(NC(=O)c2ccc(CNc3c(N4CCC(C)CC4)c(=O)c3=O)cc2)c1. The molecule has 0 spiro atoms. The van der Waals surface area contributed by atoms with Crippen LogP contribution in [0.3, 0.4) is 0 Å². The first kappa shape index (κ1) is 22.1. The van der Waals surface area contributed by atoms with Crippen LogP contribution < -0.4 is 26.4 Å². The number of amides is 1. The Morgan fingerprint density at radius 2 is 1.78 bits per heavy atom. The summed E-state index contributed by atoms with van der Waals surface area (Å²) in [6.07, 6.45) is 4.06. The zero-order valence-corrected chi connectivity index (χ0v) is 19.1. The first-order chi connectivity index (χ1) is 15.5. The van der Waals surface area contributed by atoms with E-state index in [9.17, 15) is 14.4 Å². The number of anilines is 3. The first-order valence-electron chi connectivity index (χ1n) is 10.8. The number of hydrogen-bond donors (Lipinski definition) is 2. The van der Waals surface area contributed by atoms with E-state index in [1.54, 1.807) is 23.9 Å². The average Bonchev–Trinajstić information content (AvgIpc) is 2.82. The Labute approximate surface area is 191 Å². The van der Waals surface area contributed by atoms with E-state index in [1.165, 1.54) is 0 Å². The Balaban J connectivity index is 1.37. The second-order valence-corrected chi connectivity index (χ2v) is 9.17. The van der Waals surface area contributed by atoms with Gasteiger partial charge in [-0.2, -0.15) is 0 Å². The molecular weight excluding hydrogens is 422 g/mol. The van der Waals surface area contributed by atoms with Gasteiger partial charge in [0.1, 0.15) is 11.4 Å². The van der Waals surface area contributed by atoms with Crippen LogP contribution in [0.4, 0.5) is 17.1 Å². The molecule has 1 heterocycles. The molecule has 7 heteroatoms. The Morgan fingerprint density at radius 3 is 2.47 bits per heavy atom. The highest BCUT2D eigenvalue weighted by atomic mass is 32.2. The molecule has 166 valence electrons. The van der Waals surface area contributed by atoms with Gasteiger partial charge < -0.3 is 15.5 Å². The molecule has 0 aromatic heterocycles. The van der Waals surface area contributed by atoms with Crippen molar-refractivity contribution in [2.45, 2.75) is 31.2 Å². The minimum absolute atomic E-state index is 0.174. The van der Waals surface area contributed by atoms with E-state index in [1.807, 2.05) is 47.6 Å². The summed E-state index contributed by atoms with van der Waals surface area (Å²) in [7, 11) is 0.